The van der Waals surface area contributed by atoms with Crippen molar-refractivity contribution in [3.05, 3.63) is 25.1 Å². The largest absolute Gasteiger partial charge is 0.505 e. The SMILES string of the molecule is CC[Si](O)(CC)CC.Oc1c(Cl)c(Cl)c(Cl)c(Cl)c1Cl.[Zn]. The van der Waals surface area contributed by atoms with Gasteiger partial charge in [-0.2, -0.15) is 0 Å². The number of halogens is 5. The molecule has 1 rings (SSSR count). The number of benzene rings is 1. The molecule has 21 heavy (non-hydrogen) atoms. The maximum absolute atomic E-state index is 9.58. The summed E-state index contributed by atoms with van der Waals surface area (Å²) in [6.45, 7) is 6.25. The van der Waals surface area contributed by atoms with E-state index < -0.39 is 8.32 Å². The molecule has 0 heterocycles. The summed E-state index contributed by atoms with van der Waals surface area (Å²) in [7, 11) is -1.67. The molecule has 0 aliphatic heterocycles. The summed E-state index contributed by atoms with van der Waals surface area (Å²) in [4.78, 5) is 9.58. The maximum atomic E-state index is 9.58. The molecule has 0 aliphatic rings. The molecule has 118 valence electrons. The van der Waals surface area contributed by atoms with E-state index in [2.05, 4.69) is 20.8 Å². The van der Waals surface area contributed by atoms with Crippen molar-refractivity contribution in [1.82, 2.24) is 0 Å². The van der Waals surface area contributed by atoms with Gasteiger partial charge in [0.1, 0.15) is 10.0 Å². The number of phenolic OH excluding ortho intramolecular Hbond substituents is 1. The predicted molar refractivity (Wildman–Crippen MR) is 92.6 cm³/mol. The van der Waals surface area contributed by atoms with Gasteiger partial charge in [-0.25, -0.2) is 0 Å². The summed E-state index contributed by atoms with van der Waals surface area (Å²) in [5, 5.41) is 9.01. The van der Waals surface area contributed by atoms with Crippen LogP contribution in [0.2, 0.25) is 43.2 Å². The zero-order chi connectivity index (χ0) is 16.1. The van der Waals surface area contributed by atoms with Crippen LogP contribution in [0.1, 0.15) is 20.8 Å². The minimum Gasteiger partial charge on any atom is -0.505 e. The van der Waals surface area contributed by atoms with Crippen LogP contribution in [0.25, 0.3) is 0 Å². The third kappa shape index (κ3) is 6.73. The topological polar surface area (TPSA) is 40.5 Å². The van der Waals surface area contributed by atoms with Gasteiger partial charge in [0.15, 0.2) is 14.1 Å². The van der Waals surface area contributed by atoms with Gasteiger partial charge in [-0.05, 0) is 18.1 Å². The van der Waals surface area contributed by atoms with E-state index in [-0.39, 0.29) is 50.3 Å². The summed E-state index contributed by atoms with van der Waals surface area (Å²) in [5.41, 5.74) is 0. The molecule has 1 aromatic carbocycles. The summed E-state index contributed by atoms with van der Waals surface area (Å²) >= 11 is 27.9. The Kier molecular flexibility index (Phi) is 12.8. The van der Waals surface area contributed by atoms with Crippen molar-refractivity contribution in [1.29, 1.82) is 0 Å². The van der Waals surface area contributed by atoms with Crippen LogP contribution >= 0.6 is 58.0 Å². The molecule has 0 radical (unpaired) electrons. The second-order valence-corrected chi connectivity index (χ2v) is 10.7. The number of rotatable bonds is 3. The van der Waals surface area contributed by atoms with E-state index >= 15 is 0 Å². The summed E-state index contributed by atoms with van der Waals surface area (Å²) in [6.07, 6.45) is 0. The zero-order valence-corrected chi connectivity index (χ0v) is 19.9. The van der Waals surface area contributed by atoms with E-state index in [1.807, 2.05) is 0 Å². The Bertz CT molecular complexity index is 356. The van der Waals surface area contributed by atoms with Crippen LogP contribution in [0.3, 0.4) is 0 Å². The quantitative estimate of drug-likeness (QED) is 0.299. The molecule has 0 spiro atoms. The van der Waals surface area contributed by atoms with Crippen molar-refractivity contribution in [3.63, 3.8) is 0 Å². The molecule has 0 aromatic heterocycles. The van der Waals surface area contributed by atoms with Crippen molar-refractivity contribution < 1.29 is 29.4 Å². The standard InChI is InChI=1S/C6HCl5O.C6H16OSi.Zn/c7-1-2(8)4(10)6(12)5(11)3(1)9;1-4-8(7,5-2)6-3;/h12H;7H,4-6H2,1-3H3;. The van der Waals surface area contributed by atoms with Gasteiger partial charge >= 0.3 is 0 Å². The Morgan fingerprint density at radius 3 is 1.14 bits per heavy atom. The first kappa shape index (κ1) is 24.5. The van der Waals surface area contributed by atoms with Gasteiger partial charge in [-0.1, -0.05) is 78.8 Å². The van der Waals surface area contributed by atoms with Gasteiger partial charge in [0.05, 0.1) is 15.1 Å². The van der Waals surface area contributed by atoms with Crippen LogP contribution in [-0.4, -0.2) is 18.2 Å². The van der Waals surface area contributed by atoms with Crippen LogP contribution < -0.4 is 0 Å². The minimum atomic E-state index is -1.67. The Hall–Kier alpha value is 1.27. The third-order valence-corrected chi connectivity index (χ3v) is 9.37. The Balaban J connectivity index is 0. The van der Waals surface area contributed by atoms with Crippen molar-refractivity contribution >= 4 is 66.3 Å². The van der Waals surface area contributed by atoms with Crippen molar-refractivity contribution in [2.45, 2.75) is 38.9 Å². The molecule has 2 nitrogen and oxygen atoms in total. The first-order valence-electron chi connectivity index (χ1n) is 6.07. The van der Waals surface area contributed by atoms with Crippen LogP contribution in [0, 0.1) is 0 Å². The second-order valence-electron chi connectivity index (χ2n) is 4.20. The number of aromatic hydroxyl groups is 1. The first-order chi connectivity index (χ1) is 9.15. The molecular formula is C12H17Cl5O2SiZn. The van der Waals surface area contributed by atoms with Gasteiger partial charge in [0.2, 0.25) is 0 Å². The van der Waals surface area contributed by atoms with Crippen molar-refractivity contribution in [2.75, 3.05) is 0 Å². The number of hydrogen-bond donors (Lipinski definition) is 2. The Morgan fingerprint density at radius 1 is 0.714 bits per heavy atom. The number of phenols is 1. The molecular weight excluding hydrogens is 447 g/mol. The molecule has 0 saturated carbocycles. The smallest absolute Gasteiger partial charge is 0.187 e. The fourth-order valence-corrected chi connectivity index (χ4v) is 3.97. The van der Waals surface area contributed by atoms with Gasteiger partial charge in [0, 0.05) is 19.5 Å². The monoisotopic (exact) mass is 460 g/mol. The Labute approximate surface area is 164 Å². The van der Waals surface area contributed by atoms with Crippen molar-refractivity contribution in [3.8, 4) is 5.75 Å². The van der Waals surface area contributed by atoms with E-state index in [1.54, 1.807) is 0 Å². The molecule has 9 heteroatoms. The molecule has 0 amide bonds. The van der Waals surface area contributed by atoms with E-state index in [0.717, 1.165) is 18.1 Å². The predicted octanol–water partition coefficient (Wildman–Crippen LogP) is 6.64. The van der Waals surface area contributed by atoms with E-state index in [1.165, 1.54) is 0 Å². The molecule has 2 N–H and O–H groups in total. The molecule has 0 fully saturated rings. The van der Waals surface area contributed by atoms with Crippen LogP contribution in [0.15, 0.2) is 0 Å². The fourth-order valence-electron chi connectivity index (χ4n) is 1.34. The summed E-state index contributed by atoms with van der Waals surface area (Å²) in [6, 6.07) is 3.04. The minimum absolute atomic E-state index is 0. The van der Waals surface area contributed by atoms with E-state index in [0.29, 0.717) is 0 Å². The Morgan fingerprint density at radius 2 is 0.952 bits per heavy atom. The molecule has 0 atom stereocenters. The van der Waals surface area contributed by atoms with Gasteiger partial charge in [0.25, 0.3) is 0 Å². The molecule has 0 unspecified atom stereocenters. The maximum Gasteiger partial charge on any atom is 0.187 e. The fraction of sp³-hybridized carbons (Fsp3) is 0.500. The van der Waals surface area contributed by atoms with Crippen LogP contribution in [-0.2, 0) is 19.5 Å². The average Bonchev–Trinajstić information content (AvgIpc) is 2.48. The zero-order valence-electron chi connectivity index (χ0n) is 12.1. The van der Waals surface area contributed by atoms with Crippen LogP contribution in [0.5, 0.6) is 5.75 Å². The molecule has 0 bridgehead atoms. The average molecular weight is 464 g/mol. The van der Waals surface area contributed by atoms with Gasteiger partial charge in [-0.15, -0.1) is 0 Å². The summed E-state index contributed by atoms with van der Waals surface area (Å²) < 4.78 is 0. The number of hydrogen-bond acceptors (Lipinski definition) is 2. The second kappa shape index (κ2) is 10.9. The van der Waals surface area contributed by atoms with Gasteiger partial charge < -0.3 is 9.90 Å². The molecule has 1 aromatic rings. The normalized spacial score (nSPS) is 10.5. The molecule has 0 saturated heterocycles. The summed E-state index contributed by atoms with van der Waals surface area (Å²) in [5.74, 6) is -0.363. The first-order valence-corrected chi connectivity index (χ1v) is 10.5. The third-order valence-electron chi connectivity index (χ3n) is 3.16. The van der Waals surface area contributed by atoms with Crippen molar-refractivity contribution in [2.24, 2.45) is 0 Å². The van der Waals surface area contributed by atoms with E-state index in [4.69, 9.17) is 58.0 Å². The van der Waals surface area contributed by atoms with Gasteiger partial charge in [-0.3, -0.25) is 0 Å². The van der Waals surface area contributed by atoms with Crippen LogP contribution in [0.4, 0.5) is 0 Å². The molecule has 0 aliphatic carbocycles. The van der Waals surface area contributed by atoms with E-state index in [9.17, 15) is 9.90 Å².